The van der Waals surface area contributed by atoms with Crippen molar-refractivity contribution in [2.45, 2.75) is 52.7 Å². The Morgan fingerprint density at radius 2 is 1.70 bits per heavy atom. The summed E-state index contributed by atoms with van der Waals surface area (Å²) < 4.78 is 27.8. The number of hydrogen-bond acceptors (Lipinski definition) is 4. The van der Waals surface area contributed by atoms with E-state index in [0.717, 1.165) is 37.3 Å². The summed E-state index contributed by atoms with van der Waals surface area (Å²) in [5, 5.41) is 3.35. The molecule has 4 nitrogen and oxygen atoms in total. The summed E-state index contributed by atoms with van der Waals surface area (Å²) in [5.74, 6) is 0. The maximum Gasteiger partial charge on any atom is 0.525 e. The average Bonchev–Trinajstić information content (AvgIpc) is 2.81. The van der Waals surface area contributed by atoms with E-state index in [1.165, 1.54) is 5.56 Å². The van der Waals surface area contributed by atoms with Crippen LogP contribution in [0, 0.1) is 13.8 Å². The van der Waals surface area contributed by atoms with Gasteiger partial charge >= 0.3 is 7.12 Å². The van der Waals surface area contributed by atoms with Crippen molar-refractivity contribution < 1.29 is 13.7 Å². The highest BCUT2D eigenvalue weighted by molar-refractivity contribution is 6.55. The quantitative estimate of drug-likeness (QED) is 0.818. The van der Waals surface area contributed by atoms with Crippen molar-refractivity contribution in [3.63, 3.8) is 0 Å². The smallest absolute Gasteiger partial charge is 0.398 e. The van der Waals surface area contributed by atoms with Gasteiger partial charge in [0.2, 0.25) is 0 Å². The average molecular weight is 374 g/mol. The number of piperazine rings is 1. The molecule has 1 N–H and O–H groups in total. The summed E-state index contributed by atoms with van der Waals surface area (Å²) in [5.41, 5.74) is 2.44. The molecule has 0 aliphatic carbocycles. The Balaban J connectivity index is 1.98. The Bertz CT molecular complexity index is 711. The van der Waals surface area contributed by atoms with Crippen molar-refractivity contribution in [2.75, 3.05) is 32.7 Å². The third-order valence-corrected chi connectivity index (χ3v) is 6.05. The molecule has 1 aromatic carbocycles. The monoisotopic (exact) mass is 374 g/mol. The number of halogens is 1. The highest BCUT2D eigenvalue weighted by atomic mass is 19.1. The number of rotatable bonds is 4. The molecule has 0 amide bonds. The molecular formula is C21H32BFN2O2. The zero-order valence-corrected chi connectivity index (χ0v) is 17.5. The zero-order valence-electron chi connectivity index (χ0n) is 17.5. The van der Waals surface area contributed by atoms with Crippen LogP contribution in [-0.2, 0) is 9.31 Å². The highest BCUT2D eigenvalue weighted by Crippen LogP contribution is 2.40. The van der Waals surface area contributed by atoms with Crippen molar-refractivity contribution >= 4 is 12.7 Å². The summed E-state index contributed by atoms with van der Waals surface area (Å²) in [6.07, 6.45) is 0. The van der Waals surface area contributed by atoms with E-state index in [0.29, 0.717) is 12.1 Å². The Labute approximate surface area is 163 Å². The summed E-state index contributed by atoms with van der Waals surface area (Å²) in [6.45, 7) is 16.1. The van der Waals surface area contributed by atoms with E-state index < -0.39 is 18.3 Å². The molecule has 0 aromatic heterocycles. The Kier molecular flexibility index (Phi) is 5.83. The Hall–Kier alpha value is -1.21. The highest BCUT2D eigenvalue weighted by Gasteiger charge is 2.53. The second kappa shape index (κ2) is 7.67. The molecule has 2 aliphatic heterocycles. The van der Waals surface area contributed by atoms with Crippen LogP contribution in [0.5, 0.6) is 0 Å². The van der Waals surface area contributed by atoms with Gasteiger partial charge < -0.3 is 14.6 Å². The van der Waals surface area contributed by atoms with E-state index in [9.17, 15) is 0 Å². The first kappa shape index (κ1) is 20.5. The molecule has 0 unspecified atom stereocenters. The lowest BCUT2D eigenvalue weighted by atomic mass is 9.81. The molecule has 0 spiro atoms. The van der Waals surface area contributed by atoms with Gasteiger partial charge in [-0.3, -0.25) is 4.90 Å². The minimum absolute atomic E-state index is 0.306. The molecule has 3 rings (SSSR count). The van der Waals surface area contributed by atoms with Gasteiger partial charge in [0.25, 0.3) is 0 Å². The topological polar surface area (TPSA) is 33.7 Å². The summed E-state index contributed by atoms with van der Waals surface area (Å²) >= 11 is 0. The van der Waals surface area contributed by atoms with Crippen LogP contribution in [0.4, 0.5) is 4.39 Å². The Morgan fingerprint density at radius 3 is 2.26 bits per heavy atom. The molecule has 2 heterocycles. The first-order valence-corrected chi connectivity index (χ1v) is 9.85. The standard InChI is InChI=1S/C21H32BFN2O2/c1-15-7-8-17(16(2)13-15)18(14-25-11-9-24-10-12-25)19(23)22-26-20(3,4)21(5,6)27-22/h7-8,13,24H,9-12,14H2,1-6H3. The van der Waals surface area contributed by atoms with E-state index in [-0.39, 0.29) is 5.73 Å². The normalized spacial score (nSPS) is 23.4. The number of nitrogens with zero attached hydrogens (tertiary/aromatic N) is 1. The van der Waals surface area contributed by atoms with Crippen LogP contribution in [0.25, 0.3) is 5.57 Å². The number of aryl methyl sites for hydroxylation is 2. The fraction of sp³-hybridized carbons (Fsp3) is 0.619. The Morgan fingerprint density at radius 1 is 1.11 bits per heavy atom. The molecule has 2 aliphatic rings. The minimum atomic E-state index is -0.964. The third-order valence-electron chi connectivity index (χ3n) is 6.05. The van der Waals surface area contributed by atoms with Gasteiger partial charge in [-0.2, -0.15) is 0 Å². The first-order valence-electron chi connectivity index (χ1n) is 9.85. The fourth-order valence-corrected chi connectivity index (χ4v) is 3.62. The number of benzene rings is 1. The maximum atomic E-state index is 15.8. The van der Waals surface area contributed by atoms with Crippen molar-refractivity contribution in [1.82, 2.24) is 10.2 Å². The zero-order chi connectivity index (χ0) is 19.8. The van der Waals surface area contributed by atoms with Crippen LogP contribution in [0.1, 0.15) is 44.4 Å². The molecule has 6 heteroatoms. The molecule has 148 valence electrons. The van der Waals surface area contributed by atoms with Gasteiger partial charge in [-0.05, 0) is 52.7 Å². The third kappa shape index (κ3) is 4.29. The lowest BCUT2D eigenvalue weighted by Crippen LogP contribution is -2.44. The van der Waals surface area contributed by atoms with Crippen molar-refractivity contribution in [2.24, 2.45) is 0 Å². The van der Waals surface area contributed by atoms with E-state index >= 15 is 4.39 Å². The van der Waals surface area contributed by atoms with E-state index in [1.54, 1.807) is 0 Å². The summed E-state index contributed by atoms with van der Waals surface area (Å²) in [4.78, 5) is 2.29. The predicted octanol–water partition coefficient (Wildman–Crippen LogP) is 3.52. The van der Waals surface area contributed by atoms with Gasteiger partial charge in [0.1, 0.15) is 5.73 Å². The molecule has 0 bridgehead atoms. The van der Waals surface area contributed by atoms with E-state index in [2.05, 4.69) is 23.2 Å². The molecule has 2 fully saturated rings. The maximum absolute atomic E-state index is 15.8. The second-order valence-corrected chi connectivity index (χ2v) is 8.76. The molecule has 27 heavy (non-hydrogen) atoms. The van der Waals surface area contributed by atoms with Crippen molar-refractivity contribution in [3.8, 4) is 0 Å². The molecule has 1 aromatic rings. The van der Waals surface area contributed by atoms with Gasteiger partial charge in [0.05, 0.1) is 11.2 Å². The fourth-order valence-electron chi connectivity index (χ4n) is 3.62. The summed E-state index contributed by atoms with van der Waals surface area (Å²) in [7, 11) is -0.964. The van der Waals surface area contributed by atoms with Gasteiger partial charge in [-0.15, -0.1) is 0 Å². The van der Waals surface area contributed by atoms with Gasteiger partial charge in [0.15, 0.2) is 0 Å². The molecular weight excluding hydrogens is 342 g/mol. The van der Waals surface area contributed by atoms with Crippen LogP contribution < -0.4 is 5.32 Å². The van der Waals surface area contributed by atoms with Gasteiger partial charge in [-0.25, -0.2) is 4.39 Å². The summed E-state index contributed by atoms with van der Waals surface area (Å²) in [6, 6.07) is 6.16. The van der Waals surface area contributed by atoms with Crippen molar-refractivity contribution in [3.05, 3.63) is 40.6 Å². The SMILES string of the molecule is Cc1ccc(C(CN2CCNCC2)=C(F)B2OC(C)(C)C(C)(C)O2)c(C)c1. The predicted molar refractivity (Wildman–Crippen MR) is 109 cm³/mol. The largest absolute Gasteiger partial charge is 0.525 e. The second-order valence-electron chi connectivity index (χ2n) is 8.76. The van der Waals surface area contributed by atoms with Gasteiger partial charge in [-0.1, -0.05) is 23.8 Å². The first-order chi connectivity index (χ1) is 12.6. The molecule has 2 saturated heterocycles. The van der Waals surface area contributed by atoms with Gasteiger partial charge in [0, 0.05) is 38.3 Å². The van der Waals surface area contributed by atoms with Crippen LogP contribution >= 0.6 is 0 Å². The lowest BCUT2D eigenvalue weighted by molar-refractivity contribution is 0.00578. The van der Waals surface area contributed by atoms with Crippen LogP contribution in [-0.4, -0.2) is 55.9 Å². The lowest BCUT2D eigenvalue weighted by Gasteiger charge is -2.32. The van der Waals surface area contributed by atoms with Crippen LogP contribution in [0.2, 0.25) is 0 Å². The van der Waals surface area contributed by atoms with E-state index in [4.69, 9.17) is 9.31 Å². The minimum Gasteiger partial charge on any atom is -0.398 e. The number of nitrogens with one attached hydrogen (secondary N) is 1. The number of hydrogen-bond donors (Lipinski definition) is 1. The molecule has 0 atom stereocenters. The van der Waals surface area contributed by atoms with Crippen LogP contribution in [0.3, 0.4) is 0 Å². The molecule has 0 saturated carbocycles. The molecule has 0 radical (unpaired) electrons. The van der Waals surface area contributed by atoms with Crippen LogP contribution in [0.15, 0.2) is 23.9 Å². The van der Waals surface area contributed by atoms with Crippen molar-refractivity contribution in [1.29, 1.82) is 0 Å². The van der Waals surface area contributed by atoms with E-state index in [1.807, 2.05) is 46.8 Å².